The normalized spacial score (nSPS) is 29.6. The largest absolute Gasteiger partial charge is 0.497 e. The van der Waals surface area contributed by atoms with E-state index in [0.29, 0.717) is 6.04 Å². The molecule has 0 amide bonds. The van der Waals surface area contributed by atoms with Gasteiger partial charge in [0.2, 0.25) is 0 Å². The Kier molecular flexibility index (Phi) is 5.28. The van der Waals surface area contributed by atoms with Crippen LogP contribution in [-0.4, -0.2) is 38.7 Å². The van der Waals surface area contributed by atoms with E-state index in [2.05, 4.69) is 62.4 Å². The van der Waals surface area contributed by atoms with Crippen LogP contribution in [0.25, 0.3) is 0 Å². The highest BCUT2D eigenvalue weighted by Crippen LogP contribution is 2.43. The van der Waals surface area contributed by atoms with Crippen LogP contribution in [0.1, 0.15) is 38.7 Å². The molecule has 1 aliphatic carbocycles. The van der Waals surface area contributed by atoms with E-state index < -0.39 is 0 Å². The summed E-state index contributed by atoms with van der Waals surface area (Å²) in [7, 11) is 6.15. The number of hydrogen-bond donors (Lipinski definition) is 1. The van der Waals surface area contributed by atoms with Gasteiger partial charge in [-0.1, -0.05) is 26.0 Å². The van der Waals surface area contributed by atoms with E-state index in [4.69, 9.17) is 4.74 Å². The molecule has 3 nitrogen and oxygen atoms in total. The zero-order valence-corrected chi connectivity index (χ0v) is 14.1. The van der Waals surface area contributed by atoms with Crippen molar-refractivity contribution in [3.05, 3.63) is 29.8 Å². The average Bonchev–Trinajstić information content (AvgIpc) is 2.48. The lowest BCUT2D eigenvalue weighted by molar-refractivity contribution is 0.0409. The number of ether oxygens (including phenoxy) is 1. The van der Waals surface area contributed by atoms with Crippen molar-refractivity contribution in [2.24, 2.45) is 5.92 Å². The number of benzene rings is 1. The van der Waals surface area contributed by atoms with Gasteiger partial charge in [-0.15, -0.1) is 0 Å². The first kappa shape index (κ1) is 16.3. The molecule has 0 bridgehead atoms. The first-order valence-corrected chi connectivity index (χ1v) is 8.10. The van der Waals surface area contributed by atoms with E-state index in [0.717, 1.165) is 18.2 Å². The molecule has 1 N–H and O–H groups in total. The smallest absolute Gasteiger partial charge is 0.118 e. The van der Waals surface area contributed by atoms with Gasteiger partial charge in [-0.3, -0.25) is 4.90 Å². The summed E-state index contributed by atoms with van der Waals surface area (Å²) < 4.78 is 5.31. The van der Waals surface area contributed by atoms with Gasteiger partial charge in [0.1, 0.15) is 5.75 Å². The van der Waals surface area contributed by atoms with Crippen molar-refractivity contribution in [1.29, 1.82) is 0 Å². The van der Waals surface area contributed by atoms with Gasteiger partial charge in [0.05, 0.1) is 12.6 Å². The number of nitrogens with zero attached hydrogens (tertiary/aromatic N) is 1. The molecule has 0 heterocycles. The minimum Gasteiger partial charge on any atom is -0.497 e. The standard InChI is InChI=1S/C18H30N2O/c1-6-19-17-13-14(2)11-12-18(17,20(3)4)15-7-9-16(21-5)10-8-15/h7-10,14,17,19H,6,11-13H2,1-5H3. The molecular formula is C18H30N2O. The van der Waals surface area contributed by atoms with Crippen molar-refractivity contribution in [2.75, 3.05) is 27.7 Å². The van der Waals surface area contributed by atoms with Gasteiger partial charge < -0.3 is 10.1 Å². The number of likely N-dealkylation sites (N-methyl/N-ethyl adjacent to an activating group) is 2. The summed E-state index contributed by atoms with van der Waals surface area (Å²) in [5.41, 5.74) is 1.47. The Hall–Kier alpha value is -1.06. The van der Waals surface area contributed by atoms with Gasteiger partial charge in [0.25, 0.3) is 0 Å². The van der Waals surface area contributed by atoms with Crippen molar-refractivity contribution >= 4 is 0 Å². The molecule has 1 fully saturated rings. The predicted octanol–water partition coefficient (Wildman–Crippen LogP) is 3.25. The first-order chi connectivity index (χ1) is 10.0. The molecule has 3 heteroatoms. The molecule has 1 saturated carbocycles. The fraction of sp³-hybridized carbons (Fsp3) is 0.667. The summed E-state index contributed by atoms with van der Waals surface area (Å²) in [6, 6.07) is 9.14. The van der Waals surface area contributed by atoms with Crippen LogP contribution < -0.4 is 10.1 Å². The third-order valence-corrected chi connectivity index (χ3v) is 5.07. The van der Waals surface area contributed by atoms with Crippen LogP contribution in [-0.2, 0) is 5.54 Å². The molecule has 21 heavy (non-hydrogen) atoms. The maximum Gasteiger partial charge on any atom is 0.118 e. The number of rotatable bonds is 5. The molecular weight excluding hydrogens is 260 g/mol. The van der Waals surface area contributed by atoms with Gasteiger partial charge in [0, 0.05) is 6.04 Å². The molecule has 1 aromatic rings. The van der Waals surface area contributed by atoms with Crippen LogP contribution in [0.5, 0.6) is 5.75 Å². The van der Waals surface area contributed by atoms with Crippen molar-refractivity contribution in [3.8, 4) is 5.75 Å². The second kappa shape index (κ2) is 6.80. The molecule has 3 atom stereocenters. The highest BCUT2D eigenvalue weighted by Gasteiger charge is 2.45. The van der Waals surface area contributed by atoms with E-state index in [9.17, 15) is 0 Å². The van der Waals surface area contributed by atoms with Crippen LogP contribution in [0.3, 0.4) is 0 Å². The summed E-state index contributed by atoms with van der Waals surface area (Å²) in [6.45, 7) is 5.59. The Balaban J connectivity index is 2.41. The Bertz CT molecular complexity index is 443. The second-order valence-electron chi connectivity index (χ2n) is 6.54. The lowest BCUT2D eigenvalue weighted by Crippen LogP contribution is -2.59. The maximum absolute atomic E-state index is 5.31. The summed E-state index contributed by atoms with van der Waals surface area (Å²) >= 11 is 0. The van der Waals surface area contributed by atoms with E-state index in [1.165, 1.54) is 24.8 Å². The van der Waals surface area contributed by atoms with Gasteiger partial charge in [-0.05, 0) is 63.5 Å². The summed E-state index contributed by atoms with van der Waals surface area (Å²) in [6.07, 6.45) is 3.72. The molecule has 1 aromatic carbocycles. The van der Waals surface area contributed by atoms with Gasteiger partial charge in [-0.2, -0.15) is 0 Å². The van der Waals surface area contributed by atoms with Crippen molar-refractivity contribution in [3.63, 3.8) is 0 Å². The predicted molar refractivity (Wildman–Crippen MR) is 88.8 cm³/mol. The van der Waals surface area contributed by atoms with E-state index in [1.807, 2.05) is 0 Å². The topological polar surface area (TPSA) is 24.5 Å². The fourth-order valence-corrected chi connectivity index (χ4v) is 3.87. The fourth-order valence-electron chi connectivity index (χ4n) is 3.87. The Labute approximate surface area is 129 Å². The van der Waals surface area contributed by atoms with Crippen LogP contribution in [0, 0.1) is 5.92 Å². The van der Waals surface area contributed by atoms with Crippen molar-refractivity contribution in [1.82, 2.24) is 10.2 Å². The van der Waals surface area contributed by atoms with Gasteiger partial charge in [-0.25, -0.2) is 0 Å². The molecule has 0 aliphatic heterocycles. The Morgan fingerprint density at radius 1 is 1.29 bits per heavy atom. The van der Waals surface area contributed by atoms with Crippen LogP contribution >= 0.6 is 0 Å². The highest BCUT2D eigenvalue weighted by molar-refractivity contribution is 5.34. The number of nitrogens with one attached hydrogen (secondary N) is 1. The third kappa shape index (κ3) is 3.09. The number of methoxy groups -OCH3 is 1. The van der Waals surface area contributed by atoms with Crippen molar-refractivity contribution in [2.45, 2.75) is 44.7 Å². The van der Waals surface area contributed by atoms with Crippen LogP contribution in [0.15, 0.2) is 24.3 Å². The molecule has 0 spiro atoms. The molecule has 2 rings (SSSR count). The maximum atomic E-state index is 5.31. The van der Waals surface area contributed by atoms with Gasteiger partial charge in [0.15, 0.2) is 0 Å². The zero-order chi connectivity index (χ0) is 15.5. The molecule has 1 aliphatic rings. The summed E-state index contributed by atoms with van der Waals surface area (Å²) in [5, 5.41) is 3.74. The molecule has 0 aromatic heterocycles. The zero-order valence-electron chi connectivity index (χ0n) is 14.1. The van der Waals surface area contributed by atoms with E-state index in [1.54, 1.807) is 7.11 Å². The summed E-state index contributed by atoms with van der Waals surface area (Å²) in [5.74, 6) is 1.72. The highest BCUT2D eigenvalue weighted by atomic mass is 16.5. The molecule has 0 saturated heterocycles. The molecule has 0 radical (unpaired) electrons. The van der Waals surface area contributed by atoms with Gasteiger partial charge >= 0.3 is 0 Å². The lowest BCUT2D eigenvalue weighted by atomic mass is 9.69. The van der Waals surface area contributed by atoms with Crippen molar-refractivity contribution < 1.29 is 4.74 Å². The monoisotopic (exact) mass is 290 g/mol. The van der Waals surface area contributed by atoms with Crippen LogP contribution in [0.2, 0.25) is 0 Å². The summed E-state index contributed by atoms with van der Waals surface area (Å²) in [4.78, 5) is 2.41. The molecule has 118 valence electrons. The lowest BCUT2D eigenvalue weighted by Gasteiger charge is -2.51. The minimum absolute atomic E-state index is 0.0782. The third-order valence-electron chi connectivity index (χ3n) is 5.07. The molecule has 3 unspecified atom stereocenters. The quantitative estimate of drug-likeness (QED) is 0.901. The second-order valence-corrected chi connectivity index (χ2v) is 6.54. The number of hydrogen-bond acceptors (Lipinski definition) is 3. The average molecular weight is 290 g/mol. The van der Waals surface area contributed by atoms with Crippen LogP contribution in [0.4, 0.5) is 0 Å². The SMILES string of the molecule is CCNC1CC(C)CCC1(c1ccc(OC)cc1)N(C)C. The first-order valence-electron chi connectivity index (χ1n) is 8.10. The Morgan fingerprint density at radius 3 is 2.48 bits per heavy atom. The minimum atomic E-state index is 0.0782. The van der Waals surface area contributed by atoms with E-state index >= 15 is 0 Å². The Morgan fingerprint density at radius 2 is 1.95 bits per heavy atom. The van der Waals surface area contributed by atoms with E-state index in [-0.39, 0.29) is 5.54 Å².